The maximum absolute atomic E-state index is 14.3. The number of amides is 2. The molecule has 3 N–H and O–H groups in total. The zero-order chi connectivity index (χ0) is 32.5. The van der Waals surface area contributed by atoms with Crippen molar-refractivity contribution in [3.8, 4) is 5.75 Å². The predicted molar refractivity (Wildman–Crippen MR) is 176 cm³/mol. The van der Waals surface area contributed by atoms with Crippen LogP contribution in [-0.4, -0.2) is 52.3 Å². The summed E-state index contributed by atoms with van der Waals surface area (Å²) in [5.74, 6) is -0.202. The van der Waals surface area contributed by atoms with E-state index in [1.165, 1.54) is 23.1 Å². The molecule has 2 aromatic carbocycles. The number of aliphatic hydroxyl groups is 1. The quantitative estimate of drug-likeness (QED) is 0.288. The second kappa shape index (κ2) is 13.2. The molecule has 3 heterocycles. The van der Waals surface area contributed by atoms with E-state index >= 15 is 0 Å². The first kappa shape index (κ1) is 31.6. The molecule has 4 aliphatic rings. The second-order valence-electron chi connectivity index (χ2n) is 13.7. The van der Waals surface area contributed by atoms with Crippen molar-refractivity contribution in [2.75, 3.05) is 18.0 Å². The first-order valence-corrected chi connectivity index (χ1v) is 17.1. The van der Waals surface area contributed by atoms with Crippen LogP contribution in [0.1, 0.15) is 97.8 Å². The number of nitrogens with one attached hydrogen (secondary N) is 2. The highest BCUT2D eigenvalue weighted by Gasteiger charge is 2.45. The maximum atomic E-state index is 14.3. The molecule has 1 saturated heterocycles. The molecule has 47 heavy (non-hydrogen) atoms. The summed E-state index contributed by atoms with van der Waals surface area (Å²) in [6.07, 6.45) is 9.39. The van der Waals surface area contributed by atoms with E-state index < -0.39 is 18.1 Å². The first-order chi connectivity index (χ1) is 22.8. The van der Waals surface area contributed by atoms with Gasteiger partial charge in [0, 0.05) is 49.8 Å². The van der Waals surface area contributed by atoms with E-state index in [4.69, 9.17) is 4.74 Å². The van der Waals surface area contributed by atoms with Crippen molar-refractivity contribution in [2.45, 2.75) is 100 Å². The van der Waals surface area contributed by atoms with Gasteiger partial charge in [0.25, 0.3) is 11.5 Å². The summed E-state index contributed by atoms with van der Waals surface area (Å²) in [6, 6.07) is 14.9. The molecule has 2 aliphatic carbocycles. The fraction of sp³-hybridized carbons (Fsp3) is 0.486. The molecule has 3 atom stereocenters. The summed E-state index contributed by atoms with van der Waals surface area (Å²) in [5, 5.41) is 18.2. The second-order valence-corrected chi connectivity index (χ2v) is 13.7. The first-order valence-electron chi connectivity index (χ1n) is 17.1. The molecule has 0 unspecified atom stereocenters. The minimum Gasteiger partial charge on any atom is -0.487 e. The van der Waals surface area contributed by atoms with Crippen molar-refractivity contribution >= 4 is 17.5 Å². The molecule has 2 amide bonds. The van der Waals surface area contributed by atoms with Crippen LogP contribution >= 0.6 is 0 Å². The molecule has 0 bridgehead atoms. The van der Waals surface area contributed by atoms with E-state index in [-0.39, 0.29) is 52.8 Å². The summed E-state index contributed by atoms with van der Waals surface area (Å²) in [4.78, 5) is 41.8. The van der Waals surface area contributed by atoms with Crippen LogP contribution < -0.4 is 25.8 Å². The van der Waals surface area contributed by atoms with E-state index in [1.54, 1.807) is 16.8 Å². The van der Waals surface area contributed by atoms with Gasteiger partial charge >= 0.3 is 0 Å². The van der Waals surface area contributed by atoms with Crippen LogP contribution in [-0.2, 0) is 11.2 Å². The molecule has 10 heteroatoms. The molecular weight excluding hydrogens is 599 g/mol. The summed E-state index contributed by atoms with van der Waals surface area (Å²) < 4.78 is 22.3. The zero-order valence-electron chi connectivity index (χ0n) is 26.6. The van der Waals surface area contributed by atoms with E-state index in [1.807, 2.05) is 30.3 Å². The van der Waals surface area contributed by atoms with Gasteiger partial charge in [-0.3, -0.25) is 14.4 Å². The number of ether oxygens (including phenoxy) is 1. The molecule has 9 nitrogen and oxygen atoms in total. The van der Waals surface area contributed by atoms with Gasteiger partial charge in [-0.25, -0.2) is 4.39 Å². The Labute approximate surface area is 274 Å². The number of hydrogen-bond acceptors (Lipinski definition) is 6. The number of pyridine rings is 1. The third kappa shape index (κ3) is 6.58. The Kier molecular flexibility index (Phi) is 8.89. The summed E-state index contributed by atoms with van der Waals surface area (Å²) in [6.45, 7) is 0.606. The van der Waals surface area contributed by atoms with Crippen LogP contribution in [0.2, 0.25) is 0 Å². The minimum absolute atomic E-state index is 0.0206. The molecule has 2 aliphatic heterocycles. The van der Waals surface area contributed by atoms with Gasteiger partial charge in [0.2, 0.25) is 5.91 Å². The van der Waals surface area contributed by atoms with Crippen LogP contribution in [0.3, 0.4) is 0 Å². The molecule has 2 saturated carbocycles. The molecule has 3 fully saturated rings. The van der Waals surface area contributed by atoms with Crippen molar-refractivity contribution in [3.05, 3.63) is 93.7 Å². The topological polar surface area (TPSA) is 113 Å². The summed E-state index contributed by atoms with van der Waals surface area (Å²) in [7, 11) is 0. The van der Waals surface area contributed by atoms with Gasteiger partial charge in [0.1, 0.15) is 22.9 Å². The number of anilines is 1. The fourth-order valence-electron chi connectivity index (χ4n) is 7.77. The molecule has 1 aromatic heterocycles. The lowest BCUT2D eigenvalue weighted by Crippen LogP contribution is -2.52. The van der Waals surface area contributed by atoms with Crippen molar-refractivity contribution < 1.29 is 23.8 Å². The van der Waals surface area contributed by atoms with Crippen LogP contribution in [0.4, 0.5) is 10.1 Å². The van der Waals surface area contributed by atoms with E-state index in [2.05, 4.69) is 10.6 Å². The number of rotatable bonds is 10. The Bertz CT molecular complexity index is 1680. The fourth-order valence-corrected chi connectivity index (χ4v) is 7.77. The molecule has 1 spiro atoms. The van der Waals surface area contributed by atoms with Crippen molar-refractivity contribution in [3.63, 3.8) is 0 Å². The Morgan fingerprint density at radius 2 is 1.83 bits per heavy atom. The van der Waals surface area contributed by atoms with Gasteiger partial charge in [-0.1, -0.05) is 43.2 Å². The lowest BCUT2D eigenvalue weighted by molar-refractivity contribution is -0.117. The normalized spacial score (nSPS) is 21.6. The molecule has 248 valence electrons. The monoisotopic (exact) mass is 642 g/mol. The van der Waals surface area contributed by atoms with Gasteiger partial charge < -0.3 is 29.9 Å². The number of halogens is 1. The number of aliphatic hydroxyl groups excluding tert-OH is 1. The van der Waals surface area contributed by atoms with Crippen LogP contribution in [0.15, 0.2) is 65.6 Å². The number of aromatic nitrogens is 1. The van der Waals surface area contributed by atoms with E-state index in [0.29, 0.717) is 38.0 Å². The van der Waals surface area contributed by atoms with Gasteiger partial charge in [-0.15, -0.1) is 0 Å². The number of hydrogen-bond donors (Lipinski definition) is 3. The Balaban J connectivity index is 1.14. The highest BCUT2D eigenvalue weighted by atomic mass is 19.1. The number of benzene rings is 2. The zero-order valence-corrected chi connectivity index (χ0v) is 26.6. The smallest absolute Gasteiger partial charge is 0.274 e. The third-order valence-corrected chi connectivity index (χ3v) is 10.5. The van der Waals surface area contributed by atoms with Gasteiger partial charge in [0.15, 0.2) is 0 Å². The molecule has 3 aromatic rings. The van der Waals surface area contributed by atoms with Crippen LogP contribution in [0, 0.1) is 5.82 Å². The van der Waals surface area contributed by atoms with Gasteiger partial charge in [-0.2, -0.15) is 0 Å². The Morgan fingerprint density at radius 3 is 2.53 bits per heavy atom. The molecule has 7 rings (SSSR count). The van der Waals surface area contributed by atoms with Gasteiger partial charge in [-0.05, 0) is 74.8 Å². The third-order valence-electron chi connectivity index (χ3n) is 10.5. The lowest BCUT2D eigenvalue weighted by atomic mass is 9.73. The standard InChI is InChI=1S/C37H43FN4O5/c38-26-13-14-33-28(20-26)30(21-37(47-33)15-7-16-37)39-22-32(43)29(18-24-8-2-1-3-9-24)40-35(45)25-19-31(41-17-6-12-34(41)44)36(46)42(23-25)27-10-4-5-11-27/h1-3,8-9,13-14,19-20,23,27,29-30,32,39,43H,4-7,10-12,15-18,21-22H2,(H,40,45)/t29-,30-,32+/m0/s1. The van der Waals surface area contributed by atoms with Crippen molar-refractivity contribution in [2.24, 2.45) is 0 Å². The van der Waals surface area contributed by atoms with Crippen molar-refractivity contribution in [1.29, 1.82) is 0 Å². The van der Waals surface area contributed by atoms with Gasteiger partial charge in [0.05, 0.1) is 17.7 Å². The van der Waals surface area contributed by atoms with Crippen molar-refractivity contribution in [1.82, 2.24) is 15.2 Å². The van der Waals surface area contributed by atoms with E-state index in [0.717, 1.165) is 56.1 Å². The minimum atomic E-state index is -0.989. The van der Waals surface area contributed by atoms with Crippen LogP contribution in [0.5, 0.6) is 5.75 Å². The summed E-state index contributed by atoms with van der Waals surface area (Å²) in [5.41, 5.74) is 1.68. The highest BCUT2D eigenvalue weighted by molar-refractivity contribution is 5.98. The largest absolute Gasteiger partial charge is 0.487 e. The number of fused-ring (bicyclic) bond motifs is 1. The number of nitrogens with zero attached hydrogens (tertiary/aromatic N) is 2. The van der Waals surface area contributed by atoms with Crippen LogP contribution in [0.25, 0.3) is 0 Å². The maximum Gasteiger partial charge on any atom is 0.274 e. The average Bonchev–Trinajstić information content (AvgIpc) is 3.75. The summed E-state index contributed by atoms with van der Waals surface area (Å²) >= 11 is 0. The number of carbonyl (C=O) groups excluding carboxylic acids is 2. The lowest BCUT2D eigenvalue weighted by Gasteiger charge is -2.48. The molecule has 0 radical (unpaired) electrons. The van der Waals surface area contributed by atoms with E-state index in [9.17, 15) is 23.9 Å². The number of carbonyl (C=O) groups is 2. The average molecular weight is 643 g/mol. The predicted octanol–water partition coefficient (Wildman–Crippen LogP) is 4.97. The Morgan fingerprint density at radius 1 is 1.04 bits per heavy atom. The SMILES string of the molecule is O=C(N[C@@H](Cc1ccccc1)[C@H](O)CN[C@H]1CC2(CCC2)Oc2ccc(F)cc21)c1cc(N2CCCC2=O)c(=O)n(C2CCCC2)c1. The Hall–Kier alpha value is -4.02. The highest BCUT2D eigenvalue weighted by Crippen LogP contribution is 2.49. The molecular formula is C37H43FN4O5.